The number of carboxylic acid groups (broad SMARTS) is 1. The van der Waals surface area contributed by atoms with Crippen molar-refractivity contribution in [3.8, 4) is 0 Å². The van der Waals surface area contributed by atoms with Gasteiger partial charge in [-0.3, -0.25) is 4.79 Å². The van der Waals surface area contributed by atoms with Crippen LogP contribution < -0.4 is 0 Å². The van der Waals surface area contributed by atoms with Gasteiger partial charge in [0.05, 0.1) is 4.90 Å². The molecule has 5 nitrogen and oxygen atoms in total. The van der Waals surface area contributed by atoms with Crippen molar-refractivity contribution >= 4 is 16.0 Å². The summed E-state index contributed by atoms with van der Waals surface area (Å²) in [6.45, 7) is 1.72. The first-order valence-corrected chi connectivity index (χ1v) is 8.16. The molecule has 1 aromatic rings. The summed E-state index contributed by atoms with van der Waals surface area (Å²) < 4.78 is 26.3. The highest BCUT2D eigenvalue weighted by atomic mass is 32.2. The summed E-state index contributed by atoms with van der Waals surface area (Å²) in [6.07, 6.45) is 2.55. The zero-order valence-electron chi connectivity index (χ0n) is 11.2. The molecule has 1 N–H and O–H groups in total. The number of sulfonamides is 1. The van der Waals surface area contributed by atoms with Gasteiger partial charge in [0.2, 0.25) is 10.0 Å². The average molecular weight is 295 g/mol. The Balaban J connectivity index is 1.96. The molecule has 0 aromatic heterocycles. The van der Waals surface area contributed by atoms with Gasteiger partial charge in [-0.15, -0.1) is 0 Å². The standard InChI is InChI=1S/C14H17NO4S/c1-14(13(16)17)7-8-15(14)20(18,19)12-4-2-3-11(9-12)10-5-6-10/h2-4,9-10H,5-8H2,1H3,(H,16,17). The topological polar surface area (TPSA) is 74.7 Å². The largest absolute Gasteiger partial charge is 0.480 e. The lowest BCUT2D eigenvalue weighted by molar-refractivity contribution is -0.153. The average Bonchev–Trinajstić information content (AvgIpc) is 3.20. The minimum atomic E-state index is -3.73. The lowest BCUT2D eigenvalue weighted by atomic mass is 9.90. The van der Waals surface area contributed by atoms with E-state index in [-0.39, 0.29) is 11.4 Å². The Hall–Kier alpha value is -1.40. The van der Waals surface area contributed by atoms with Crippen molar-refractivity contribution in [2.24, 2.45) is 0 Å². The second kappa shape index (κ2) is 4.30. The molecule has 1 aliphatic carbocycles. The maximum absolute atomic E-state index is 12.6. The molecule has 0 spiro atoms. The predicted octanol–water partition coefficient (Wildman–Crippen LogP) is 1.80. The molecule has 2 aliphatic rings. The van der Waals surface area contributed by atoms with E-state index >= 15 is 0 Å². The third-order valence-electron chi connectivity index (χ3n) is 4.31. The number of benzene rings is 1. The van der Waals surface area contributed by atoms with Crippen LogP contribution in [0.1, 0.15) is 37.7 Å². The highest BCUT2D eigenvalue weighted by Gasteiger charge is 2.53. The van der Waals surface area contributed by atoms with Crippen LogP contribution in [-0.4, -0.2) is 35.9 Å². The van der Waals surface area contributed by atoms with Gasteiger partial charge in [0.25, 0.3) is 0 Å². The van der Waals surface area contributed by atoms with E-state index in [4.69, 9.17) is 0 Å². The van der Waals surface area contributed by atoms with Crippen LogP contribution in [0, 0.1) is 0 Å². The molecule has 3 rings (SSSR count). The van der Waals surface area contributed by atoms with Crippen molar-refractivity contribution in [3.63, 3.8) is 0 Å². The first-order chi connectivity index (χ1) is 9.35. The van der Waals surface area contributed by atoms with Crippen LogP contribution in [0.3, 0.4) is 0 Å². The molecule has 20 heavy (non-hydrogen) atoms. The van der Waals surface area contributed by atoms with E-state index in [2.05, 4.69) is 0 Å². The van der Waals surface area contributed by atoms with Crippen LogP contribution in [-0.2, 0) is 14.8 Å². The van der Waals surface area contributed by atoms with E-state index in [1.165, 1.54) is 6.92 Å². The molecule has 0 amide bonds. The molecular formula is C14H17NO4S. The number of nitrogens with zero attached hydrogens (tertiary/aromatic N) is 1. The number of carboxylic acids is 1. The van der Waals surface area contributed by atoms with Crippen LogP contribution >= 0.6 is 0 Å². The molecule has 1 saturated heterocycles. The summed E-state index contributed by atoms with van der Waals surface area (Å²) in [5, 5.41) is 9.22. The molecule has 1 aliphatic heterocycles. The molecule has 0 radical (unpaired) electrons. The van der Waals surface area contributed by atoms with E-state index in [1.54, 1.807) is 18.2 Å². The minimum absolute atomic E-state index is 0.203. The summed E-state index contributed by atoms with van der Waals surface area (Å²) in [7, 11) is -3.73. The lowest BCUT2D eigenvalue weighted by Crippen LogP contribution is -2.64. The molecule has 108 valence electrons. The van der Waals surface area contributed by atoms with Crippen LogP contribution in [0.4, 0.5) is 0 Å². The Morgan fingerprint density at radius 2 is 2.10 bits per heavy atom. The molecule has 1 heterocycles. The Kier molecular flexibility index (Phi) is 2.92. The van der Waals surface area contributed by atoms with Crippen LogP contribution in [0.2, 0.25) is 0 Å². The molecule has 1 saturated carbocycles. The highest BCUT2D eigenvalue weighted by Crippen LogP contribution is 2.42. The van der Waals surface area contributed by atoms with Gasteiger partial charge in [0.15, 0.2) is 0 Å². The summed E-state index contributed by atoms with van der Waals surface area (Å²) in [6, 6.07) is 6.90. The lowest BCUT2D eigenvalue weighted by Gasteiger charge is -2.45. The third-order valence-corrected chi connectivity index (χ3v) is 6.32. The van der Waals surface area contributed by atoms with Crippen LogP contribution in [0.25, 0.3) is 0 Å². The predicted molar refractivity (Wildman–Crippen MR) is 73.0 cm³/mol. The van der Waals surface area contributed by atoms with Gasteiger partial charge in [-0.05, 0) is 49.8 Å². The fraction of sp³-hybridized carbons (Fsp3) is 0.500. The van der Waals surface area contributed by atoms with Crippen LogP contribution in [0.5, 0.6) is 0 Å². The summed E-state index contributed by atoms with van der Waals surface area (Å²) >= 11 is 0. The molecule has 1 aromatic carbocycles. The number of carbonyl (C=O) groups is 1. The summed E-state index contributed by atoms with van der Waals surface area (Å²) in [4.78, 5) is 11.5. The SMILES string of the molecule is CC1(C(=O)O)CCN1S(=O)(=O)c1cccc(C2CC2)c1. The zero-order chi connectivity index (χ0) is 14.5. The first kappa shape index (κ1) is 13.6. The first-order valence-electron chi connectivity index (χ1n) is 6.72. The minimum Gasteiger partial charge on any atom is -0.480 e. The molecule has 1 atom stereocenters. The molecule has 1 unspecified atom stereocenters. The van der Waals surface area contributed by atoms with Crippen LogP contribution in [0.15, 0.2) is 29.2 Å². The zero-order valence-corrected chi connectivity index (χ0v) is 12.1. The second-order valence-corrected chi connectivity index (χ2v) is 7.62. The van der Waals surface area contributed by atoms with E-state index in [9.17, 15) is 18.3 Å². The number of hydrogen-bond donors (Lipinski definition) is 1. The Morgan fingerprint density at radius 1 is 1.40 bits per heavy atom. The van der Waals surface area contributed by atoms with Crippen molar-refractivity contribution in [3.05, 3.63) is 29.8 Å². The molecule has 0 bridgehead atoms. The molecule has 2 fully saturated rings. The van der Waals surface area contributed by atoms with Crippen molar-refractivity contribution in [1.29, 1.82) is 0 Å². The molecular weight excluding hydrogens is 278 g/mol. The Morgan fingerprint density at radius 3 is 2.60 bits per heavy atom. The van der Waals surface area contributed by atoms with E-state index in [1.807, 2.05) is 6.07 Å². The fourth-order valence-electron chi connectivity index (χ4n) is 2.61. The second-order valence-electron chi connectivity index (χ2n) is 5.75. The monoisotopic (exact) mass is 295 g/mol. The maximum atomic E-state index is 12.6. The summed E-state index contributed by atoms with van der Waals surface area (Å²) in [5.74, 6) is -0.627. The number of hydrogen-bond acceptors (Lipinski definition) is 3. The highest BCUT2D eigenvalue weighted by molar-refractivity contribution is 7.89. The van der Waals surface area contributed by atoms with E-state index < -0.39 is 21.5 Å². The van der Waals surface area contributed by atoms with Crippen molar-refractivity contribution in [2.75, 3.05) is 6.54 Å². The van der Waals surface area contributed by atoms with Gasteiger partial charge in [-0.1, -0.05) is 12.1 Å². The van der Waals surface area contributed by atoms with Gasteiger partial charge in [0.1, 0.15) is 5.54 Å². The van der Waals surface area contributed by atoms with Crippen molar-refractivity contribution < 1.29 is 18.3 Å². The quantitative estimate of drug-likeness (QED) is 0.919. The maximum Gasteiger partial charge on any atom is 0.324 e. The fourth-order valence-corrected chi connectivity index (χ4v) is 4.43. The third kappa shape index (κ3) is 1.94. The van der Waals surface area contributed by atoms with Gasteiger partial charge in [-0.2, -0.15) is 4.31 Å². The van der Waals surface area contributed by atoms with Gasteiger partial charge >= 0.3 is 5.97 Å². The summed E-state index contributed by atoms with van der Waals surface area (Å²) in [5.41, 5.74) is -0.280. The van der Waals surface area contributed by atoms with E-state index in [0.29, 0.717) is 12.3 Å². The Bertz CT molecular complexity index is 666. The van der Waals surface area contributed by atoms with Crippen molar-refractivity contribution in [1.82, 2.24) is 4.31 Å². The molecule has 6 heteroatoms. The van der Waals surface area contributed by atoms with Gasteiger partial charge < -0.3 is 5.11 Å². The normalized spacial score (nSPS) is 27.1. The number of aliphatic carboxylic acids is 1. The van der Waals surface area contributed by atoms with Crippen molar-refractivity contribution in [2.45, 2.75) is 42.5 Å². The van der Waals surface area contributed by atoms with E-state index in [0.717, 1.165) is 22.7 Å². The Labute approximate surface area is 118 Å². The smallest absolute Gasteiger partial charge is 0.324 e. The van der Waals surface area contributed by atoms with Gasteiger partial charge in [0, 0.05) is 6.54 Å². The van der Waals surface area contributed by atoms with Gasteiger partial charge in [-0.25, -0.2) is 8.42 Å². The number of rotatable bonds is 4.